The number of aliphatic hydroxyl groups is 1. The van der Waals surface area contributed by atoms with Crippen LogP contribution in [-0.4, -0.2) is 5.11 Å². The van der Waals surface area contributed by atoms with Crippen molar-refractivity contribution in [1.29, 1.82) is 0 Å². The fourth-order valence-corrected chi connectivity index (χ4v) is 3.17. The maximum Gasteiger partial charge on any atom is 0.123 e. The summed E-state index contributed by atoms with van der Waals surface area (Å²) in [5.41, 5.74) is 6.63. The van der Waals surface area contributed by atoms with Gasteiger partial charge in [-0.1, -0.05) is 54.6 Å². The van der Waals surface area contributed by atoms with Gasteiger partial charge in [0.15, 0.2) is 0 Å². The highest BCUT2D eigenvalue weighted by atomic mass is 19.1. The molecule has 0 saturated heterocycles. The second-order valence-electron chi connectivity index (χ2n) is 5.70. The van der Waals surface area contributed by atoms with Gasteiger partial charge in [-0.15, -0.1) is 0 Å². The van der Waals surface area contributed by atoms with Gasteiger partial charge in [-0.05, 0) is 51.9 Å². The first kappa shape index (κ1) is 13.2. The van der Waals surface area contributed by atoms with Crippen LogP contribution in [-0.2, 0) is 6.42 Å². The van der Waals surface area contributed by atoms with Crippen LogP contribution in [0, 0.1) is 5.82 Å². The lowest BCUT2D eigenvalue weighted by molar-refractivity contribution is 0.220. The summed E-state index contributed by atoms with van der Waals surface area (Å²) in [5.74, 6) is -0.291. The van der Waals surface area contributed by atoms with Gasteiger partial charge in [0.1, 0.15) is 11.9 Å². The summed E-state index contributed by atoms with van der Waals surface area (Å²) < 4.78 is 13.0. The van der Waals surface area contributed by atoms with E-state index in [1.807, 2.05) is 6.07 Å². The van der Waals surface area contributed by atoms with Crippen LogP contribution >= 0.6 is 0 Å². The van der Waals surface area contributed by atoms with E-state index in [0.29, 0.717) is 5.56 Å². The number of fused-ring (bicyclic) bond motifs is 3. The molecule has 108 valence electrons. The minimum atomic E-state index is -0.727. The number of hydrogen-bond donors (Lipinski definition) is 1. The largest absolute Gasteiger partial charge is 0.384 e. The quantitative estimate of drug-likeness (QED) is 0.577. The summed E-state index contributed by atoms with van der Waals surface area (Å²) >= 11 is 0. The van der Waals surface area contributed by atoms with Crippen LogP contribution in [0.15, 0.2) is 66.7 Å². The SMILES string of the molecule is O[C@H](c1ccc(F)cc1)c1ccc2c(c1)Cc1ccccc1-2. The molecule has 1 nitrogen and oxygen atoms in total. The van der Waals surface area contributed by atoms with Gasteiger partial charge in [0.25, 0.3) is 0 Å². The summed E-state index contributed by atoms with van der Waals surface area (Å²) in [6, 6.07) is 20.5. The van der Waals surface area contributed by atoms with Crippen LogP contribution in [0.4, 0.5) is 4.39 Å². The average Bonchev–Trinajstić information content (AvgIpc) is 2.92. The fourth-order valence-electron chi connectivity index (χ4n) is 3.17. The molecule has 0 saturated carbocycles. The van der Waals surface area contributed by atoms with Gasteiger partial charge in [0, 0.05) is 0 Å². The number of halogens is 1. The van der Waals surface area contributed by atoms with Crippen molar-refractivity contribution in [3.05, 3.63) is 94.8 Å². The van der Waals surface area contributed by atoms with Crippen molar-refractivity contribution < 1.29 is 9.50 Å². The third kappa shape index (κ3) is 2.13. The number of rotatable bonds is 2. The van der Waals surface area contributed by atoms with E-state index in [1.165, 1.54) is 34.4 Å². The Morgan fingerprint density at radius 1 is 0.773 bits per heavy atom. The van der Waals surface area contributed by atoms with Crippen LogP contribution in [0.25, 0.3) is 11.1 Å². The van der Waals surface area contributed by atoms with Gasteiger partial charge >= 0.3 is 0 Å². The zero-order valence-corrected chi connectivity index (χ0v) is 12.0. The van der Waals surface area contributed by atoms with E-state index in [0.717, 1.165) is 12.0 Å². The lowest BCUT2D eigenvalue weighted by Crippen LogP contribution is -2.00. The van der Waals surface area contributed by atoms with Crippen LogP contribution in [0.3, 0.4) is 0 Å². The maximum absolute atomic E-state index is 13.0. The summed E-state index contributed by atoms with van der Waals surface area (Å²) in [6.45, 7) is 0. The van der Waals surface area contributed by atoms with Crippen molar-refractivity contribution in [2.24, 2.45) is 0 Å². The highest BCUT2D eigenvalue weighted by Crippen LogP contribution is 2.38. The molecule has 0 bridgehead atoms. The zero-order chi connectivity index (χ0) is 15.1. The molecule has 3 aromatic carbocycles. The van der Waals surface area contributed by atoms with E-state index in [2.05, 4.69) is 36.4 Å². The van der Waals surface area contributed by atoms with Gasteiger partial charge in [-0.25, -0.2) is 4.39 Å². The topological polar surface area (TPSA) is 20.2 Å². The molecule has 0 radical (unpaired) electrons. The summed E-state index contributed by atoms with van der Waals surface area (Å²) in [6.07, 6.45) is 0.171. The minimum Gasteiger partial charge on any atom is -0.384 e. The Morgan fingerprint density at radius 2 is 1.45 bits per heavy atom. The Morgan fingerprint density at radius 3 is 2.27 bits per heavy atom. The third-order valence-corrected chi connectivity index (χ3v) is 4.32. The van der Waals surface area contributed by atoms with Gasteiger partial charge < -0.3 is 5.11 Å². The molecule has 0 fully saturated rings. The molecular formula is C20H15FO. The molecule has 1 aliphatic rings. The van der Waals surface area contributed by atoms with Crippen molar-refractivity contribution in [3.63, 3.8) is 0 Å². The standard InChI is InChI=1S/C20H15FO/c21-17-8-5-13(6-9-17)20(22)15-7-10-19-16(12-15)11-14-3-1-2-4-18(14)19/h1-10,12,20,22H,11H2/t20-/m1/s1. The molecular weight excluding hydrogens is 275 g/mol. The first-order valence-electron chi connectivity index (χ1n) is 7.37. The molecule has 22 heavy (non-hydrogen) atoms. The predicted octanol–water partition coefficient (Wildman–Crippen LogP) is 4.48. The number of aliphatic hydroxyl groups excluding tert-OH is 1. The van der Waals surface area contributed by atoms with Gasteiger partial charge in [0.2, 0.25) is 0 Å². The molecule has 0 aromatic heterocycles. The molecule has 3 aromatic rings. The second-order valence-corrected chi connectivity index (χ2v) is 5.70. The zero-order valence-electron chi connectivity index (χ0n) is 12.0. The van der Waals surface area contributed by atoms with E-state index in [-0.39, 0.29) is 5.82 Å². The summed E-state index contributed by atoms with van der Waals surface area (Å²) in [4.78, 5) is 0. The van der Waals surface area contributed by atoms with E-state index >= 15 is 0 Å². The fraction of sp³-hybridized carbons (Fsp3) is 0.100. The highest BCUT2D eigenvalue weighted by Gasteiger charge is 2.20. The lowest BCUT2D eigenvalue weighted by Gasteiger charge is -2.13. The molecule has 2 heteroatoms. The van der Waals surface area contributed by atoms with Gasteiger partial charge in [-0.3, -0.25) is 0 Å². The van der Waals surface area contributed by atoms with Crippen molar-refractivity contribution >= 4 is 0 Å². The molecule has 1 N–H and O–H groups in total. The first-order valence-corrected chi connectivity index (χ1v) is 7.37. The maximum atomic E-state index is 13.0. The molecule has 0 spiro atoms. The monoisotopic (exact) mass is 290 g/mol. The second kappa shape index (κ2) is 5.08. The van der Waals surface area contributed by atoms with E-state index in [9.17, 15) is 9.50 Å². The highest BCUT2D eigenvalue weighted by molar-refractivity contribution is 5.77. The lowest BCUT2D eigenvalue weighted by atomic mass is 9.97. The molecule has 0 aliphatic heterocycles. The Balaban J connectivity index is 1.71. The minimum absolute atomic E-state index is 0.291. The van der Waals surface area contributed by atoms with Crippen LogP contribution in [0.2, 0.25) is 0 Å². The van der Waals surface area contributed by atoms with E-state index < -0.39 is 6.10 Å². The Bertz CT molecular complexity index is 837. The molecule has 4 rings (SSSR count). The first-order chi connectivity index (χ1) is 10.7. The Hall–Kier alpha value is -2.45. The van der Waals surface area contributed by atoms with Crippen molar-refractivity contribution in [2.75, 3.05) is 0 Å². The smallest absolute Gasteiger partial charge is 0.123 e. The average molecular weight is 290 g/mol. The van der Waals surface area contributed by atoms with E-state index in [4.69, 9.17) is 0 Å². The van der Waals surface area contributed by atoms with Crippen molar-refractivity contribution in [2.45, 2.75) is 12.5 Å². The summed E-state index contributed by atoms with van der Waals surface area (Å²) in [7, 11) is 0. The molecule has 0 amide bonds. The molecule has 1 aliphatic carbocycles. The predicted molar refractivity (Wildman–Crippen MR) is 85.1 cm³/mol. The Labute approximate surface area is 128 Å². The van der Waals surface area contributed by atoms with E-state index in [1.54, 1.807) is 12.1 Å². The Kier molecular flexibility index (Phi) is 3.05. The van der Waals surface area contributed by atoms with Crippen molar-refractivity contribution in [3.8, 4) is 11.1 Å². The summed E-state index contributed by atoms with van der Waals surface area (Å²) in [5, 5.41) is 10.5. The molecule has 0 heterocycles. The third-order valence-electron chi connectivity index (χ3n) is 4.32. The molecule has 1 atom stereocenters. The van der Waals surface area contributed by atoms with Crippen LogP contribution in [0.1, 0.15) is 28.4 Å². The van der Waals surface area contributed by atoms with Gasteiger partial charge in [0.05, 0.1) is 0 Å². The van der Waals surface area contributed by atoms with Crippen LogP contribution < -0.4 is 0 Å². The van der Waals surface area contributed by atoms with Crippen LogP contribution in [0.5, 0.6) is 0 Å². The molecule has 0 unspecified atom stereocenters. The number of hydrogen-bond acceptors (Lipinski definition) is 1. The van der Waals surface area contributed by atoms with Crippen molar-refractivity contribution in [1.82, 2.24) is 0 Å². The van der Waals surface area contributed by atoms with Gasteiger partial charge in [-0.2, -0.15) is 0 Å². The number of benzene rings is 3. The normalized spacial score (nSPS) is 13.5.